The van der Waals surface area contributed by atoms with E-state index in [1.165, 1.54) is 19.2 Å². The summed E-state index contributed by atoms with van der Waals surface area (Å²) in [5, 5.41) is 19.9. The van der Waals surface area contributed by atoms with Crippen LogP contribution in [0.2, 0.25) is 0 Å². The predicted octanol–water partition coefficient (Wildman–Crippen LogP) is 0.269. The first-order valence-corrected chi connectivity index (χ1v) is 5.99. The van der Waals surface area contributed by atoms with Crippen LogP contribution in [0, 0.1) is 0 Å². The zero-order chi connectivity index (χ0) is 15.1. The monoisotopic (exact) mass is 283 g/mol. The maximum Gasteiger partial charge on any atom is 0.334 e. The van der Waals surface area contributed by atoms with Crippen LogP contribution in [-0.4, -0.2) is 48.5 Å². The third-order valence-corrected chi connectivity index (χ3v) is 2.47. The molecule has 0 aliphatic rings. The highest BCUT2D eigenvalue weighted by Crippen LogP contribution is 2.27. The number of carbonyl (C=O) groups is 2. The molecule has 1 atom stereocenters. The van der Waals surface area contributed by atoms with E-state index in [1.54, 1.807) is 6.07 Å². The molecule has 0 saturated carbocycles. The third-order valence-electron chi connectivity index (χ3n) is 2.47. The van der Waals surface area contributed by atoms with Gasteiger partial charge >= 0.3 is 5.97 Å². The van der Waals surface area contributed by atoms with Crippen LogP contribution in [0.3, 0.4) is 0 Å². The fraction of sp³-hybridized carbons (Fsp3) is 0.385. The van der Waals surface area contributed by atoms with Gasteiger partial charge in [0.15, 0.2) is 17.6 Å². The van der Waals surface area contributed by atoms with Crippen molar-refractivity contribution in [3.8, 4) is 11.5 Å². The Morgan fingerprint density at radius 3 is 2.60 bits per heavy atom. The molecule has 3 N–H and O–H groups in total. The number of methoxy groups -OCH3 is 1. The highest BCUT2D eigenvalue weighted by molar-refractivity contribution is 5.95. The molecule has 0 aromatic heterocycles. The number of ether oxygens (including phenoxy) is 2. The lowest BCUT2D eigenvalue weighted by Crippen LogP contribution is -2.36. The summed E-state index contributed by atoms with van der Waals surface area (Å²) in [6, 6.07) is 4.59. The number of aliphatic hydroxyl groups excluding tert-OH is 1. The molecule has 1 rings (SSSR count). The number of aliphatic carboxylic acids is 1. The first-order valence-electron chi connectivity index (χ1n) is 5.99. The molecule has 7 nitrogen and oxygen atoms in total. The number of rotatable bonds is 7. The number of carboxylic acid groups (broad SMARTS) is 1. The van der Waals surface area contributed by atoms with Crippen LogP contribution in [0.15, 0.2) is 18.2 Å². The van der Waals surface area contributed by atoms with E-state index >= 15 is 0 Å². The smallest absolute Gasteiger partial charge is 0.334 e. The van der Waals surface area contributed by atoms with Gasteiger partial charge in [0, 0.05) is 5.56 Å². The van der Waals surface area contributed by atoms with Gasteiger partial charge in [-0.15, -0.1) is 0 Å². The second kappa shape index (κ2) is 7.34. The summed E-state index contributed by atoms with van der Waals surface area (Å²) in [5.41, 5.74) is 0.280. The Morgan fingerprint density at radius 2 is 2.05 bits per heavy atom. The summed E-state index contributed by atoms with van der Waals surface area (Å²) >= 11 is 0. The third kappa shape index (κ3) is 4.13. The fourth-order valence-electron chi connectivity index (χ4n) is 1.46. The van der Waals surface area contributed by atoms with Crippen molar-refractivity contribution in [2.45, 2.75) is 13.0 Å². The quantitative estimate of drug-likeness (QED) is 0.663. The van der Waals surface area contributed by atoms with E-state index in [1.807, 2.05) is 6.92 Å². The van der Waals surface area contributed by atoms with Crippen molar-refractivity contribution in [2.24, 2.45) is 0 Å². The summed E-state index contributed by atoms with van der Waals surface area (Å²) in [4.78, 5) is 22.2. The summed E-state index contributed by atoms with van der Waals surface area (Å²) < 4.78 is 10.4. The molecular weight excluding hydrogens is 266 g/mol. The number of amides is 1. The van der Waals surface area contributed by atoms with Gasteiger partial charge in [-0.1, -0.05) is 0 Å². The lowest BCUT2D eigenvalue weighted by molar-refractivity contribution is -0.146. The molecule has 0 radical (unpaired) electrons. The molecule has 1 aromatic carbocycles. The molecule has 0 fully saturated rings. The van der Waals surface area contributed by atoms with Gasteiger partial charge in [-0.3, -0.25) is 4.79 Å². The van der Waals surface area contributed by atoms with E-state index in [0.717, 1.165) is 0 Å². The Morgan fingerprint density at radius 1 is 1.35 bits per heavy atom. The molecule has 110 valence electrons. The lowest BCUT2D eigenvalue weighted by atomic mass is 10.2. The van der Waals surface area contributed by atoms with Crippen molar-refractivity contribution >= 4 is 11.9 Å². The number of benzene rings is 1. The SMILES string of the molecule is CCOc1ccc(C(=O)NCC(O)C(=O)O)cc1OC. The van der Waals surface area contributed by atoms with Gasteiger partial charge in [-0.2, -0.15) is 0 Å². The van der Waals surface area contributed by atoms with Crippen LogP contribution < -0.4 is 14.8 Å². The van der Waals surface area contributed by atoms with Crippen molar-refractivity contribution in [3.63, 3.8) is 0 Å². The minimum atomic E-state index is -1.64. The topological polar surface area (TPSA) is 105 Å². The van der Waals surface area contributed by atoms with E-state index in [0.29, 0.717) is 18.1 Å². The maximum atomic E-state index is 11.8. The molecule has 0 bridgehead atoms. The standard InChI is InChI=1S/C13H17NO6/c1-3-20-10-5-4-8(6-11(10)19-2)12(16)14-7-9(15)13(17)18/h4-6,9,15H,3,7H2,1-2H3,(H,14,16)(H,17,18). The number of hydrogen-bond acceptors (Lipinski definition) is 5. The maximum absolute atomic E-state index is 11.8. The molecule has 1 unspecified atom stereocenters. The number of hydrogen-bond donors (Lipinski definition) is 3. The normalized spacial score (nSPS) is 11.6. The second-order valence-corrected chi connectivity index (χ2v) is 3.86. The lowest BCUT2D eigenvalue weighted by Gasteiger charge is -2.11. The minimum Gasteiger partial charge on any atom is -0.493 e. The van der Waals surface area contributed by atoms with E-state index < -0.39 is 18.0 Å². The van der Waals surface area contributed by atoms with E-state index in [-0.39, 0.29) is 12.1 Å². The molecule has 0 heterocycles. The van der Waals surface area contributed by atoms with Gasteiger partial charge < -0.3 is 25.0 Å². The Balaban J connectivity index is 2.76. The highest BCUT2D eigenvalue weighted by Gasteiger charge is 2.16. The van der Waals surface area contributed by atoms with Crippen molar-refractivity contribution in [2.75, 3.05) is 20.3 Å². The molecule has 0 aliphatic heterocycles. The van der Waals surface area contributed by atoms with Crippen LogP contribution >= 0.6 is 0 Å². The number of carbonyl (C=O) groups excluding carboxylic acids is 1. The Kier molecular flexibility index (Phi) is 5.79. The van der Waals surface area contributed by atoms with Crippen LogP contribution in [0.4, 0.5) is 0 Å². The molecule has 0 aliphatic carbocycles. The first kappa shape index (κ1) is 15.8. The van der Waals surface area contributed by atoms with Crippen LogP contribution in [0.1, 0.15) is 17.3 Å². The van der Waals surface area contributed by atoms with E-state index in [2.05, 4.69) is 5.32 Å². The van der Waals surface area contributed by atoms with Gasteiger partial charge in [0.25, 0.3) is 5.91 Å². The van der Waals surface area contributed by atoms with Crippen molar-refractivity contribution in [3.05, 3.63) is 23.8 Å². The van der Waals surface area contributed by atoms with Crippen LogP contribution in [0.25, 0.3) is 0 Å². The molecule has 20 heavy (non-hydrogen) atoms. The highest BCUT2D eigenvalue weighted by atomic mass is 16.5. The molecular formula is C13H17NO6. The summed E-state index contributed by atoms with van der Waals surface area (Å²) in [6.45, 7) is 1.92. The number of nitrogens with one attached hydrogen (secondary N) is 1. The van der Waals surface area contributed by atoms with Crippen molar-refractivity contribution in [1.82, 2.24) is 5.32 Å². The summed E-state index contributed by atoms with van der Waals surface area (Å²) in [6.07, 6.45) is -1.64. The number of aliphatic hydroxyl groups is 1. The van der Waals surface area contributed by atoms with Crippen molar-refractivity contribution in [1.29, 1.82) is 0 Å². The molecule has 1 amide bonds. The molecule has 1 aromatic rings. The number of carboxylic acids is 1. The van der Waals surface area contributed by atoms with E-state index in [4.69, 9.17) is 19.7 Å². The van der Waals surface area contributed by atoms with Crippen LogP contribution in [0.5, 0.6) is 11.5 Å². The zero-order valence-electron chi connectivity index (χ0n) is 11.3. The minimum absolute atomic E-state index is 0.280. The zero-order valence-corrected chi connectivity index (χ0v) is 11.3. The molecule has 0 spiro atoms. The van der Waals surface area contributed by atoms with Gasteiger partial charge in [-0.05, 0) is 25.1 Å². The Hall–Kier alpha value is -2.28. The van der Waals surface area contributed by atoms with Gasteiger partial charge in [0.05, 0.1) is 20.3 Å². The summed E-state index contributed by atoms with van der Waals surface area (Å²) in [7, 11) is 1.45. The van der Waals surface area contributed by atoms with Gasteiger partial charge in [0.1, 0.15) is 0 Å². The Bertz CT molecular complexity index is 488. The first-order chi connectivity index (χ1) is 9.49. The second-order valence-electron chi connectivity index (χ2n) is 3.86. The largest absolute Gasteiger partial charge is 0.493 e. The van der Waals surface area contributed by atoms with E-state index in [9.17, 15) is 9.59 Å². The average Bonchev–Trinajstić information content (AvgIpc) is 2.44. The van der Waals surface area contributed by atoms with Gasteiger partial charge in [-0.25, -0.2) is 4.79 Å². The van der Waals surface area contributed by atoms with Crippen molar-refractivity contribution < 1.29 is 29.3 Å². The van der Waals surface area contributed by atoms with Crippen LogP contribution in [-0.2, 0) is 4.79 Å². The average molecular weight is 283 g/mol. The summed E-state index contributed by atoms with van der Waals surface area (Å²) in [5.74, 6) is -0.989. The fourth-order valence-corrected chi connectivity index (χ4v) is 1.46. The Labute approximate surface area is 116 Å². The molecule has 7 heteroatoms. The van der Waals surface area contributed by atoms with Gasteiger partial charge in [0.2, 0.25) is 0 Å². The molecule has 0 saturated heterocycles. The predicted molar refractivity (Wildman–Crippen MR) is 70.1 cm³/mol.